The van der Waals surface area contributed by atoms with Crippen molar-refractivity contribution in [3.05, 3.63) is 77.7 Å². The van der Waals surface area contributed by atoms with E-state index in [9.17, 15) is 18.0 Å². The minimum absolute atomic E-state index is 0.0953. The number of anilines is 1. The quantitative estimate of drug-likeness (QED) is 0.551. The first-order valence-electron chi connectivity index (χ1n) is 9.13. The molecule has 3 aromatic rings. The summed E-state index contributed by atoms with van der Waals surface area (Å²) in [5, 5.41) is 12.2. The molecule has 2 aromatic carbocycles. The molecule has 0 radical (unpaired) electrons. The molecule has 150 valence electrons. The van der Waals surface area contributed by atoms with Crippen molar-refractivity contribution in [2.45, 2.75) is 25.1 Å². The molecule has 1 saturated carbocycles. The third-order valence-electron chi connectivity index (χ3n) is 5.11. The lowest BCUT2D eigenvalue weighted by Crippen LogP contribution is -2.03. The van der Waals surface area contributed by atoms with Gasteiger partial charge in [-0.05, 0) is 53.8 Å². The Hall–Kier alpha value is -3.22. The van der Waals surface area contributed by atoms with E-state index < -0.39 is 17.7 Å². The zero-order valence-corrected chi connectivity index (χ0v) is 15.2. The average molecular weight is 401 g/mol. The number of rotatable bonds is 6. The van der Waals surface area contributed by atoms with Gasteiger partial charge in [-0.25, -0.2) is 0 Å². The van der Waals surface area contributed by atoms with Gasteiger partial charge < -0.3 is 14.8 Å². The lowest BCUT2D eigenvalue weighted by Gasteiger charge is -2.06. The zero-order valence-electron chi connectivity index (χ0n) is 15.2. The maximum atomic E-state index is 12.7. The number of hydrogen-bond acceptors (Lipinski definition) is 3. The van der Waals surface area contributed by atoms with Crippen molar-refractivity contribution in [3.63, 3.8) is 0 Å². The third kappa shape index (κ3) is 4.29. The van der Waals surface area contributed by atoms with Gasteiger partial charge in [-0.15, -0.1) is 0 Å². The number of nitrogens with one attached hydrogen (secondary N) is 1. The number of alkyl halides is 3. The minimum atomic E-state index is -4.35. The average Bonchev–Trinajstić information content (AvgIpc) is 3.37. The lowest BCUT2D eigenvalue weighted by molar-refractivity contribution is -0.139. The molecule has 1 heterocycles. The molecule has 1 aromatic heterocycles. The summed E-state index contributed by atoms with van der Waals surface area (Å²) in [7, 11) is 0. The first-order valence-corrected chi connectivity index (χ1v) is 9.13. The van der Waals surface area contributed by atoms with Gasteiger partial charge in [-0.1, -0.05) is 24.3 Å². The number of halogens is 3. The first-order chi connectivity index (χ1) is 13.8. The van der Waals surface area contributed by atoms with E-state index in [4.69, 9.17) is 9.52 Å². The molecule has 1 fully saturated rings. The van der Waals surface area contributed by atoms with Crippen molar-refractivity contribution in [3.8, 4) is 11.1 Å². The Morgan fingerprint density at radius 1 is 1.07 bits per heavy atom. The fourth-order valence-corrected chi connectivity index (χ4v) is 3.35. The summed E-state index contributed by atoms with van der Waals surface area (Å²) >= 11 is 0. The molecule has 0 saturated heterocycles. The Kier molecular flexibility index (Phi) is 4.82. The largest absolute Gasteiger partial charge is 0.481 e. The summed E-state index contributed by atoms with van der Waals surface area (Å²) < 4.78 is 43.5. The highest BCUT2D eigenvalue weighted by Crippen LogP contribution is 2.47. The highest BCUT2D eigenvalue weighted by atomic mass is 19.4. The van der Waals surface area contributed by atoms with Crippen molar-refractivity contribution in [1.29, 1.82) is 0 Å². The molecule has 0 aliphatic heterocycles. The monoisotopic (exact) mass is 401 g/mol. The van der Waals surface area contributed by atoms with Gasteiger partial charge in [0.1, 0.15) is 5.76 Å². The topological polar surface area (TPSA) is 62.5 Å². The zero-order chi connectivity index (χ0) is 20.6. The van der Waals surface area contributed by atoms with E-state index in [1.807, 2.05) is 24.3 Å². The second kappa shape index (κ2) is 7.31. The van der Waals surface area contributed by atoms with Crippen LogP contribution >= 0.6 is 0 Å². The van der Waals surface area contributed by atoms with E-state index in [0.717, 1.165) is 23.4 Å². The lowest BCUT2D eigenvalue weighted by atomic mass is 10.1. The number of carboxylic acids is 1. The van der Waals surface area contributed by atoms with Gasteiger partial charge in [-0.3, -0.25) is 4.79 Å². The van der Waals surface area contributed by atoms with Crippen molar-refractivity contribution >= 4 is 11.7 Å². The van der Waals surface area contributed by atoms with Crippen LogP contribution in [0.3, 0.4) is 0 Å². The minimum Gasteiger partial charge on any atom is -0.481 e. The van der Waals surface area contributed by atoms with E-state index in [1.54, 1.807) is 6.07 Å². The van der Waals surface area contributed by atoms with Gasteiger partial charge in [0.2, 0.25) is 0 Å². The summed E-state index contributed by atoms with van der Waals surface area (Å²) in [6.45, 7) is 0.418. The summed E-state index contributed by atoms with van der Waals surface area (Å²) in [4.78, 5) is 11.0. The standard InChI is InChI=1S/C22H18F3NO3/c23-22(24,25)16-5-1-13(2-6-16)15-9-18(29-12-15)11-26-17-7-3-14(4-8-17)19-10-20(19)21(27)28/h1-9,12,19-20,26H,10-11H2,(H,27,28)/t19-,20+/m1/s1. The molecule has 29 heavy (non-hydrogen) atoms. The molecular weight excluding hydrogens is 383 g/mol. The maximum absolute atomic E-state index is 12.7. The number of furan rings is 1. The number of carbonyl (C=O) groups is 1. The maximum Gasteiger partial charge on any atom is 0.416 e. The van der Waals surface area contributed by atoms with Crippen LogP contribution in [0, 0.1) is 5.92 Å². The Bertz CT molecular complexity index is 1010. The Morgan fingerprint density at radius 2 is 1.76 bits per heavy atom. The smallest absolute Gasteiger partial charge is 0.416 e. The van der Waals surface area contributed by atoms with Crippen LogP contribution in [0.1, 0.15) is 29.2 Å². The van der Waals surface area contributed by atoms with Gasteiger partial charge in [0.05, 0.1) is 24.3 Å². The van der Waals surface area contributed by atoms with Gasteiger partial charge in [0.25, 0.3) is 0 Å². The van der Waals surface area contributed by atoms with E-state index in [-0.39, 0.29) is 11.8 Å². The van der Waals surface area contributed by atoms with Crippen LogP contribution in [-0.2, 0) is 17.5 Å². The Labute approximate surface area is 165 Å². The third-order valence-corrected chi connectivity index (χ3v) is 5.11. The summed E-state index contributed by atoms with van der Waals surface area (Å²) in [6, 6.07) is 14.4. The van der Waals surface area contributed by atoms with E-state index in [1.165, 1.54) is 18.4 Å². The first kappa shape index (κ1) is 19.1. The number of benzene rings is 2. The molecule has 1 aliphatic rings. The van der Waals surface area contributed by atoms with Crippen LogP contribution in [0.2, 0.25) is 0 Å². The fraction of sp³-hybridized carbons (Fsp3) is 0.227. The Morgan fingerprint density at radius 3 is 2.34 bits per heavy atom. The molecule has 2 atom stereocenters. The second-order valence-electron chi connectivity index (χ2n) is 7.14. The van der Waals surface area contributed by atoms with Gasteiger partial charge in [-0.2, -0.15) is 13.2 Å². The van der Waals surface area contributed by atoms with Crippen molar-refractivity contribution in [1.82, 2.24) is 0 Å². The highest BCUT2D eigenvalue weighted by Gasteiger charge is 2.44. The molecular formula is C22H18F3NO3. The molecule has 0 unspecified atom stereocenters. The Balaban J connectivity index is 1.35. The van der Waals surface area contributed by atoms with Crippen LogP contribution < -0.4 is 5.32 Å². The highest BCUT2D eigenvalue weighted by molar-refractivity contribution is 5.75. The molecule has 4 rings (SSSR count). The normalized spacial score (nSPS) is 18.4. The van der Waals surface area contributed by atoms with E-state index in [0.29, 0.717) is 29.9 Å². The van der Waals surface area contributed by atoms with Gasteiger partial charge in [0.15, 0.2) is 0 Å². The van der Waals surface area contributed by atoms with E-state index >= 15 is 0 Å². The van der Waals surface area contributed by atoms with Crippen molar-refractivity contribution in [2.75, 3.05) is 5.32 Å². The van der Waals surface area contributed by atoms with Crippen LogP contribution in [0.4, 0.5) is 18.9 Å². The van der Waals surface area contributed by atoms with Crippen LogP contribution in [-0.4, -0.2) is 11.1 Å². The SMILES string of the molecule is O=C(O)[C@H]1C[C@@H]1c1ccc(NCc2cc(-c3ccc(C(F)(F)F)cc3)co2)cc1. The van der Waals surface area contributed by atoms with Crippen molar-refractivity contribution in [2.24, 2.45) is 5.92 Å². The molecule has 0 spiro atoms. The molecule has 7 heteroatoms. The molecule has 1 aliphatic carbocycles. The molecule has 0 bridgehead atoms. The fourth-order valence-electron chi connectivity index (χ4n) is 3.35. The van der Waals surface area contributed by atoms with Gasteiger partial charge >= 0.3 is 12.1 Å². The van der Waals surface area contributed by atoms with Crippen LogP contribution in [0.25, 0.3) is 11.1 Å². The number of hydrogen-bond donors (Lipinski definition) is 2. The number of carboxylic acid groups (broad SMARTS) is 1. The molecule has 0 amide bonds. The summed E-state index contributed by atoms with van der Waals surface area (Å²) in [5.74, 6) is -0.283. The summed E-state index contributed by atoms with van der Waals surface area (Å²) in [6.07, 6.45) is -2.16. The predicted octanol–water partition coefficient (Wildman–Crippen LogP) is 5.77. The van der Waals surface area contributed by atoms with E-state index in [2.05, 4.69) is 5.32 Å². The molecule has 2 N–H and O–H groups in total. The predicted molar refractivity (Wildman–Crippen MR) is 101 cm³/mol. The second-order valence-corrected chi connectivity index (χ2v) is 7.14. The van der Waals surface area contributed by atoms with Crippen LogP contribution in [0.15, 0.2) is 65.3 Å². The molecule has 4 nitrogen and oxygen atoms in total. The summed E-state index contributed by atoms with van der Waals surface area (Å²) in [5.41, 5.74) is 2.56. The van der Waals surface area contributed by atoms with Crippen LogP contribution in [0.5, 0.6) is 0 Å². The van der Waals surface area contributed by atoms with Gasteiger partial charge in [0, 0.05) is 11.3 Å². The number of aliphatic carboxylic acids is 1. The van der Waals surface area contributed by atoms with Crippen molar-refractivity contribution < 1.29 is 27.5 Å².